The van der Waals surface area contributed by atoms with Crippen LogP contribution in [-0.4, -0.2) is 30.1 Å². The van der Waals surface area contributed by atoms with Crippen LogP contribution in [0.2, 0.25) is 0 Å². The van der Waals surface area contributed by atoms with Crippen molar-refractivity contribution in [3.63, 3.8) is 0 Å². The van der Waals surface area contributed by atoms with Crippen molar-refractivity contribution in [2.24, 2.45) is 17.1 Å². The first kappa shape index (κ1) is 14.0. The molecule has 1 aliphatic rings. The van der Waals surface area contributed by atoms with E-state index in [1.54, 1.807) is 6.92 Å². The van der Waals surface area contributed by atoms with Crippen LogP contribution >= 0.6 is 0 Å². The third kappa shape index (κ3) is 4.00. The van der Waals surface area contributed by atoms with Crippen LogP contribution < -0.4 is 11.1 Å². The van der Waals surface area contributed by atoms with Crippen LogP contribution in [0.4, 0.5) is 0 Å². The van der Waals surface area contributed by atoms with Crippen molar-refractivity contribution >= 4 is 11.9 Å². The Balaban J connectivity index is 2.19. The normalized spacial score (nSPS) is 19.2. The molecule has 0 radical (unpaired) electrons. The third-order valence-corrected chi connectivity index (χ3v) is 3.70. The summed E-state index contributed by atoms with van der Waals surface area (Å²) in [5.41, 5.74) is 5.69. The van der Waals surface area contributed by atoms with E-state index >= 15 is 0 Å². The number of aliphatic carboxylic acids is 1. The van der Waals surface area contributed by atoms with E-state index in [0.29, 0.717) is 25.9 Å². The van der Waals surface area contributed by atoms with Crippen LogP contribution in [0, 0.1) is 11.3 Å². The third-order valence-electron chi connectivity index (χ3n) is 3.70. The number of nitrogens with one attached hydrogen (secondary N) is 1. The van der Waals surface area contributed by atoms with Crippen LogP contribution in [0.3, 0.4) is 0 Å². The zero-order valence-corrected chi connectivity index (χ0v) is 10.4. The minimum absolute atomic E-state index is 0.00672. The lowest BCUT2D eigenvalue weighted by Gasteiger charge is -2.40. The predicted molar refractivity (Wildman–Crippen MR) is 64.4 cm³/mol. The molecule has 1 saturated carbocycles. The predicted octanol–water partition coefficient (Wildman–Crippen LogP) is 0.733. The summed E-state index contributed by atoms with van der Waals surface area (Å²) in [6.07, 6.45) is 4.16. The quantitative estimate of drug-likeness (QED) is 0.613. The molecule has 0 aromatic heterocycles. The fourth-order valence-electron chi connectivity index (χ4n) is 2.08. The lowest BCUT2D eigenvalue weighted by Crippen LogP contribution is -2.42. The second-order valence-electron chi connectivity index (χ2n) is 5.11. The van der Waals surface area contributed by atoms with Gasteiger partial charge >= 0.3 is 5.97 Å². The van der Waals surface area contributed by atoms with Gasteiger partial charge in [-0.05, 0) is 31.2 Å². The summed E-state index contributed by atoms with van der Waals surface area (Å²) in [5, 5.41) is 11.5. The molecule has 5 heteroatoms. The number of carboxylic acids is 1. The molecule has 17 heavy (non-hydrogen) atoms. The van der Waals surface area contributed by atoms with Crippen molar-refractivity contribution in [3.05, 3.63) is 0 Å². The maximum Gasteiger partial charge on any atom is 0.306 e. The molecule has 0 heterocycles. The van der Waals surface area contributed by atoms with Crippen LogP contribution in [0.15, 0.2) is 0 Å². The molecule has 0 bridgehead atoms. The van der Waals surface area contributed by atoms with E-state index in [1.807, 2.05) is 0 Å². The SMILES string of the molecule is CC(CCNC(=O)CC1(CN)CCC1)C(=O)O. The fourth-order valence-corrected chi connectivity index (χ4v) is 2.08. The van der Waals surface area contributed by atoms with E-state index in [0.717, 1.165) is 19.3 Å². The molecular weight excluding hydrogens is 220 g/mol. The van der Waals surface area contributed by atoms with Crippen LogP contribution in [0.25, 0.3) is 0 Å². The summed E-state index contributed by atoms with van der Waals surface area (Å²) in [4.78, 5) is 22.2. The Morgan fingerprint density at radius 3 is 2.53 bits per heavy atom. The largest absolute Gasteiger partial charge is 0.481 e. The number of hydrogen-bond acceptors (Lipinski definition) is 3. The smallest absolute Gasteiger partial charge is 0.306 e. The highest BCUT2D eigenvalue weighted by atomic mass is 16.4. The van der Waals surface area contributed by atoms with Crippen molar-refractivity contribution in [3.8, 4) is 0 Å². The molecule has 1 fully saturated rings. The number of rotatable bonds is 7. The van der Waals surface area contributed by atoms with Gasteiger partial charge in [0.15, 0.2) is 0 Å². The van der Waals surface area contributed by atoms with Gasteiger partial charge in [-0.2, -0.15) is 0 Å². The molecule has 0 aromatic carbocycles. The summed E-state index contributed by atoms with van der Waals surface area (Å²) in [7, 11) is 0. The topological polar surface area (TPSA) is 92.4 Å². The monoisotopic (exact) mass is 242 g/mol. The highest BCUT2D eigenvalue weighted by molar-refractivity contribution is 5.77. The van der Waals surface area contributed by atoms with E-state index < -0.39 is 11.9 Å². The van der Waals surface area contributed by atoms with Gasteiger partial charge < -0.3 is 16.2 Å². The second kappa shape index (κ2) is 6.00. The molecule has 1 amide bonds. The van der Waals surface area contributed by atoms with Crippen LogP contribution in [0.5, 0.6) is 0 Å². The average Bonchev–Trinajstić information content (AvgIpc) is 2.23. The molecule has 98 valence electrons. The maximum absolute atomic E-state index is 11.6. The highest BCUT2D eigenvalue weighted by Gasteiger charge is 2.37. The van der Waals surface area contributed by atoms with E-state index in [9.17, 15) is 9.59 Å². The first-order valence-corrected chi connectivity index (χ1v) is 6.19. The molecule has 0 saturated heterocycles. The Bertz CT molecular complexity index is 282. The van der Waals surface area contributed by atoms with Gasteiger partial charge in [-0.3, -0.25) is 9.59 Å². The first-order valence-electron chi connectivity index (χ1n) is 6.19. The first-order chi connectivity index (χ1) is 7.99. The molecule has 0 aliphatic heterocycles. The minimum Gasteiger partial charge on any atom is -0.481 e. The molecule has 0 aromatic rings. The Morgan fingerprint density at radius 2 is 2.12 bits per heavy atom. The van der Waals surface area contributed by atoms with Gasteiger partial charge in [-0.15, -0.1) is 0 Å². The van der Waals surface area contributed by atoms with Crippen molar-refractivity contribution in [2.45, 2.75) is 39.0 Å². The zero-order chi connectivity index (χ0) is 12.9. The fraction of sp³-hybridized carbons (Fsp3) is 0.833. The standard InChI is InChI=1S/C12H22N2O3/c1-9(11(16)17)3-6-14-10(15)7-12(8-13)4-2-5-12/h9H,2-8,13H2,1H3,(H,14,15)(H,16,17). The van der Waals surface area contributed by atoms with Gasteiger partial charge in [-0.1, -0.05) is 13.3 Å². The molecule has 0 spiro atoms. The van der Waals surface area contributed by atoms with Gasteiger partial charge in [0, 0.05) is 13.0 Å². The Kier molecular flexibility index (Phi) is 4.93. The zero-order valence-electron chi connectivity index (χ0n) is 10.4. The summed E-state index contributed by atoms with van der Waals surface area (Å²) >= 11 is 0. The van der Waals surface area contributed by atoms with Gasteiger partial charge in [0.1, 0.15) is 0 Å². The van der Waals surface area contributed by atoms with Gasteiger partial charge in [-0.25, -0.2) is 0 Å². The van der Waals surface area contributed by atoms with Gasteiger partial charge in [0.25, 0.3) is 0 Å². The number of nitrogens with two attached hydrogens (primary N) is 1. The molecule has 1 atom stereocenters. The molecule has 4 N–H and O–H groups in total. The lowest BCUT2D eigenvalue weighted by molar-refractivity contribution is -0.141. The Morgan fingerprint density at radius 1 is 1.47 bits per heavy atom. The summed E-state index contributed by atoms with van der Waals surface area (Å²) in [6.45, 7) is 2.63. The molecule has 1 rings (SSSR count). The van der Waals surface area contributed by atoms with Crippen LogP contribution in [-0.2, 0) is 9.59 Å². The molecular formula is C12H22N2O3. The second-order valence-corrected chi connectivity index (χ2v) is 5.11. The highest BCUT2D eigenvalue weighted by Crippen LogP contribution is 2.42. The lowest BCUT2D eigenvalue weighted by atomic mass is 9.66. The van der Waals surface area contributed by atoms with Gasteiger partial charge in [0.05, 0.1) is 5.92 Å². The number of hydrogen-bond donors (Lipinski definition) is 3. The van der Waals surface area contributed by atoms with Crippen molar-refractivity contribution < 1.29 is 14.7 Å². The van der Waals surface area contributed by atoms with E-state index in [2.05, 4.69) is 5.32 Å². The summed E-state index contributed by atoms with van der Waals surface area (Å²) in [6, 6.07) is 0. The van der Waals surface area contributed by atoms with Crippen molar-refractivity contribution in [2.75, 3.05) is 13.1 Å². The van der Waals surface area contributed by atoms with Gasteiger partial charge in [0.2, 0.25) is 5.91 Å². The minimum atomic E-state index is -0.823. The van der Waals surface area contributed by atoms with E-state index in [1.165, 1.54) is 0 Å². The number of carboxylic acid groups (broad SMARTS) is 1. The maximum atomic E-state index is 11.6. The van der Waals surface area contributed by atoms with Crippen LogP contribution in [0.1, 0.15) is 39.0 Å². The summed E-state index contributed by atoms with van der Waals surface area (Å²) in [5.74, 6) is -1.24. The average molecular weight is 242 g/mol. The van der Waals surface area contributed by atoms with E-state index in [-0.39, 0.29) is 11.3 Å². The van der Waals surface area contributed by atoms with Crippen molar-refractivity contribution in [1.29, 1.82) is 0 Å². The van der Waals surface area contributed by atoms with Crippen molar-refractivity contribution in [1.82, 2.24) is 5.32 Å². The molecule has 1 aliphatic carbocycles. The van der Waals surface area contributed by atoms with E-state index in [4.69, 9.17) is 10.8 Å². The molecule has 5 nitrogen and oxygen atoms in total. The molecule has 1 unspecified atom stereocenters. The number of carbonyl (C=O) groups is 2. The number of amides is 1. The Labute approximate surface area is 102 Å². The Hall–Kier alpha value is -1.10. The number of carbonyl (C=O) groups excluding carboxylic acids is 1. The summed E-state index contributed by atoms with van der Waals surface area (Å²) < 4.78 is 0.